The highest BCUT2D eigenvalue weighted by molar-refractivity contribution is 5.98. The molecule has 5 N–H and O–H groups in total. The van der Waals surface area contributed by atoms with Crippen LogP contribution in [0.1, 0.15) is 31.8 Å². The Balaban J connectivity index is 0.000000185. The molecule has 0 saturated carbocycles. The van der Waals surface area contributed by atoms with Gasteiger partial charge in [0.2, 0.25) is 11.9 Å². The molecule has 0 aliphatic heterocycles. The van der Waals surface area contributed by atoms with Gasteiger partial charge in [-0.15, -0.1) is 0 Å². The molecule has 60 heavy (non-hydrogen) atoms. The van der Waals surface area contributed by atoms with Gasteiger partial charge in [0.1, 0.15) is 11.0 Å². The predicted octanol–water partition coefficient (Wildman–Crippen LogP) is 7.39. The largest absolute Gasteiger partial charge is 0.478 e. The summed E-state index contributed by atoms with van der Waals surface area (Å²) in [4.78, 5) is 40.4. The van der Waals surface area contributed by atoms with E-state index in [1.165, 1.54) is 24.3 Å². The number of ether oxygens (including phenoxy) is 1. The molecule has 0 unspecified atom stereocenters. The van der Waals surface area contributed by atoms with Crippen LogP contribution in [0.25, 0.3) is 44.3 Å². The van der Waals surface area contributed by atoms with Gasteiger partial charge in [-0.1, -0.05) is 0 Å². The Hall–Kier alpha value is -7.20. The van der Waals surface area contributed by atoms with Crippen LogP contribution >= 0.6 is 0 Å². The lowest BCUT2D eigenvalue weighted by atomic mass is 10.2. The number of carboxylic acid groups (broad SMARTS) is 1. The van der Waals surface area contributed by atoms with Crippen molar-refractivity contribution in [1.29, 1.82) is 0 Å². The van der Waals surface area contributed by atoms with E-state index in [-0.39, 0.29) is 65.5 Å². The van der Waals surface area contributed by atoms with Crippen LogP contribution in [0.3, 0.4) is 0 Å². The molecule has 4 heterocycles. The smallest absolute Gasteiger partial charge is 0.416 e. The van der Waals surface area contributed by atoms with Gasteiger partial charge in [0.25, 0.3) is 5.91 Å². The summed E-state index contributed by atoms with van der Waals surface area (Å²) in [6, 6.07) is 15.5. The van der Waals surface area contributed by atoms with Gasteiger partial charge in [0.15, 0.2) is 11.2 Å². The van der Waals surface area contributed by atoms with Crippen LogP contribution in [0.15, 0.2) is 81.6 Å². The number of aromatic carboxylic acids is 1. The molecule has 0 saturated heterocycles. The molecule has 0 aliphatic carbocycles. The number of aliphatic hydroxyl groups is 1. The van der Waals surface area contributed by atoms with Crippen molar-refractivity contribution in [2.24, 2.45) is 14.1 Å². The monoisotopic (exact) mass is 839 g/mol. The average Bonchev–Trinajstić information content (AvgIpc) is 3.96. The number of imidazole rings is 2. The minimum atomic E-state index is -4.48. The number of hydrogen-bond donors (Lipinski definition) is 5. The van der Waals surface area contributed by atoms with Gasteiger partial charge in [-0.05, 0) is 72.8 Å². The third kappa shape index (κ3) is 8.78. The van der Waals surface area contributed by atoms with Crippen molar-refractivity contribution in [2.45, 2.75) is 12.4 Å². The van der Waals surface area contributed by atoms with Crippen molar-refractivity contribution >= 4 is 80.1 Å². The van der Waals surface area contributed by atoms with Crippen molar-refractivity contribution < 1.29 is 59.7 Å². The lowest BCUT2D eigenvalue weighted by Crippen LogP contribution is -2.27. The van der Waals surface area contributed by atoms with Crippen LogP contribution in [0, 0.1) is 0 Å². The van der Waals surface area contributed by atoms with Crippen LogP contribution in [-0.4, -0.2) is 77.5 Å². The van der Waals surface area contributed by atoms with Gasteiger partial charge in [0, 0.05) is 26.2 Å². The Labute approximate surface area is 332 Å². The molecule has 0 bridgehead atoms. The summed E-state index contributed by atoms with van der Waals surface area (Å²) in [5.74, 6) is -0.738. The topological polar surface area (TPSA) is 208 Å². The van der Waals surface area contributed by atoms with Crippen LogP contribution in [0.5, 0.6) is 0 Å². The van der Waals surface area contributed by atoms with Crippen LogP contribution in [0.2, 0.25) is 0 Å². The summed E-state index contributed by atoms with van der Waals surface area (Å²) in [5.41, 5.74) is 1.69. The molecule has 312 valence electrons. The number of aromatic nitrogens is 6. The number of halogens is 6. The van der Waals surface area contributed by atoms with Crippen LogP contribution < -0.4 is 16.0 Å². The lowest BCUT2D eigenvalue weighted by molar-refractivity contribution is -0.138. The predicted molar refractivity (Wildman–Crippen MR) is 203 cm³/mol. The number of aliphatic hydroxyl groups excluding tert-OH is 1. The van der Waals surface area contributed by atoms with Crippen molar-refractivity contribution in [3.8, 4) is 0 Å². The molecule has 0 spiro atoms. The Morgan fingerprint density at radius 2 is 1.15 bits per heavy atom. The lowest BCUT2D eigenvalue weighted by Gasteiger charge is -2.06. The first-order valence-electron chi connectivity index (χ1n) is 17.6. The first-order valence-corrected chi connectivity index (χ1v) is 17.6. The minimum Gasteiger partial charge on any atom is -0.478 e. The van der Waals surface area contributed by atoms with Crippen molar-refractivity contribution in [1.82, 2.24) is 34.4 Å². The molecule has 0 atom stereocenters. The van der Waals surface area contributed by atoms with E-state index in [0.717, 1.165) is 29.8 Å². The summed E-state index contributed by atoms with van der Waals surface area (Å²) in [6.45, 7) is 0.689. The number of anilines is 4. The van der Waals surface area contributed by atoms with E-state index in [9.17, 15) is 35.9 Å². The molecule has 8 aromatic rings. The number of carbonyl (C=O) groups is 2. The van der Waals surface area contributed by atoms with E-state index in [2.05, 4.69) is 35.9 Å². The van der Waals surface area contributed by atoms with Crippen molar-refractivity contribution in [3.05, 3.63) is 95.1 Å². The number of carboxylic acids is 1. The number of fused-ring (bicyclic) bond motifs is 4. The maximum atomic E-state index is 12.9. The third-order valence-corrected chi connectivity index (χ3v) is 8.91. The number of oxazole rings is 2. The fourth-order valence-electron chi connectivity index (χ4n) is 5.90. The zero-order valence-electron chi connectivity index (χ0n) is 31.1. The van der Waals surface area contributed by atoms with E-state index in [1.54, 1.807) is 47.5 Å². The molecule has 4 aromatic carbocycles. The van der Waals surface area contributed by atoms with Gasteiger partial charge in [-0.2, -0.15) is 36.3 Å². The van der Waals surface area contributed by atoms with Gasteiger partial charge in [-0.25, -0.2) is 14.8 Å². The second-order valence-corrected chi connectivity index (χ2v) is 12.9. The minimum absolute atomic E-state index is 0.00647. The number of nitrogens with one attached hydrogen (secondary N) is 3. The number of carbonyl (C=O) groups excluding carboxylic acids is 1. The molecule has 0 radical (unpaired) electrons. The molecule has 1 amide bonds. The first-order chi connectivity index (χ1) is 28.5. The Morgan fingerprint density at radius 1 is 0.667 bits per heavy atom. The number of nitrogens with zero attached hydrogens (tertiary/aromatic N) is 6. The number of hydrogen-bond acceptors (Lipinski definition) is 12. The SMILES string of the molecule is Cn1c(Nc2nc3ccc(C(F)(F)F)cc3o2)nc2cc(C(=O)NCCOCCO)ccc21.Cn1c(Nc2nc3ccc(C(F)(F)F)cc3o2)nc2cc(C(=O)O)ccc21. The van der Waals surface area contributed by atoms with Gasteiger partial charge >= 0.3 is 30.4 Å². The number of alkyl halides is 6. The maximum Gasteiger partial charge on any atom is 0.416 e. The maximum absolute atomic E-state index is 12.9. The number of amides is 1. The molecule has 8 rings (SSSR count). The summed E-state index contributed by atoms with van der Waals surface area (Å²) in [5, 5.41) is 26.1. The highest BCUT2D eigenvalue weighted by atomic mass is 19.4. The summed E-state index contributed by atoms with van der Waals surface area (Å²) >= 11 is 0. The van der Waals surface area contributed by atoms with Gasteiger partial charge in [0.05, 0.1) is 58.6 Å². The highest BCUT2D eigenvalue weighted by Crippen LogP contribution is 2.34. The highest BCUT2D eigenvalue weighted by Gasteiger charge is 2.32. The zero-order chi connectivity index (χ0) is 42.9. The Kier molecular flexibility index (Phi) is 11.1. The summed E-state index contributed by atoms with van der Waals surface area (Å²) in [7, 11) is 3.43. The second-order valence-electron chi connectivity index (χ2n) is 12.9. The molecule has 22 heteroatoms. The van der Waals surface area contributed by atoms with E-state index >= 15 is 0 Å². The first kappa shape index (κ1) is 41.0. The quantitative estimate of drug-likeness (QED) is 0.0637. The second kappa shape index (κ2) is 16.2. The normalized spacial score (nSPS) is 11.9. The average molecular weight is 840 g/mol. The fraction of sp³-hybridized carbons (Fsp3) is 0.211. The van der Waals surface area contributed by atoms with Crippen molar-refractivity contribution in [3.63, 3.8) is 0 Å². The third-order valence-electron chi connectivity index (χ3n) is 8.91. The molecular weight excluding hydrogens is 808 g/mol. The number of benzene rings is 4. The van der Waals surface area contributed by atoms with Crippen molar-refractivity contribution in [2.75, 3.05) is 37.0 Å². The summed E-state index contributed by atoms with van der Waals surface area (Å²) in [6.07, 6.45) is -8.96. The molecule has 16 nitrogen and oxygen atoms in total. The number of aryl methyl sites for hydroxylation is 2. The fourth-order valence-corrected chi connectivity index (χ4v) is 5.90. The van der Waals surface area contributed by atoms with E-state index < -0.39 is 29.4 Å². The van der Waals surface area contributed by atoms with Crippen LogP contribution in [0.4, 0.5) is 50.3 Å². The van der Waals surface area contributed by atoms with E-state index in [1.807, 2.05) is 0 Å². The standard InChI is InChI=1S/C21H20F3N5O4.C17H11F3N4O3/c1-29-16-5-2-12(18(31)25-6-8-32-9-7-30)10-15(16)26-19(29)28-20-27-14-4-3-13(21(22,23)24)11-17(14)33-20;1-24-12-5-2-8(14(25)26)6-11(12)21-15(24)23-16-22-10-4-3-9(17(18,19)20)7-13(10)27-16/h2-5,10-11,30H,6-9H2,1H3,(H,25,31)(H,26,27,28);2-7H,1H3,(H,25,26)(H,21,22,23). The van der Waals surface area contributed by atoms with E-state index in [0.29, 0.717) is 40.6 Å². The van der Waals surface area contributed by atoms with Gasteiger partial charge in [-0.3, -0.25) is 15.4 Å². The van der Waals surface area contributed by atoms with Crippen LogP contribution in [-0.2, 0) is 31.2 Å². The molecule has 4 aromatic heterocycles. The Morgan fingerprint density at radius 3 is 1.62 bits per heavy atom. The van der Waals surface area contributed by atoms with E-state index in [4.69, 9.17) is 23.8 Å². The molecule has 0 fully saturated rings. The summed E-state index contributed by atoms with van der Waals surface area (Å²) < 4.78 is 96.4. The Bertz CT molecular complexity index is 2880. The number of rotatable bonds is 11. The molecular formula is C38H31F6N9O7. The zero-order valence-corrected chi connectivity index (χ0v) is 31.1. The molecule has 0 aliphatic rings. The van der Waals surface area contributed by atoms with Gasteiger partial charge < -0.3 is 38.2 Å².